The van der Waals surface area contributed by atoms with Gasteiger partial charge in [0.2, 0.25) is 17.7 Å². The number of aliphatic carboxylic acids is 1. The molecule has 1 aromatic heterocycles. The standard InChI is InChI=1S/C29H36N6O6S/c1-42-12-11-22(30)26(37)33-23(13-18-5-3-2-4-6-18)27(38)34-24(14-19-7-9-21(36)10-8-19)28(39)35-25(29(40)41)15-20-16-31-17-32-20/h2-10,16-17,22-25,36H,11-15,30H2,1H3,(H,31,32)(H,33,37)(H,34,38)(H,35,39)(H,40,41). The summed E-state index contributed by atoms with van der Waals surface area (Å²) in [5.41, 5.74) is 7.93. The number of benzene rings is 2. The van der Waals surface area contributed by atoms with Crippen molar-refractivity contribution >= 4 is 35.5 Å². The molecule has 0 aliphatic rings. The fourth-order valence-electron chi connectivity index (χ4n) is 4.15. The highest BCUT2D eigenvalue weighted by Crippen LogP contribution is 2.13. The lowest BCUT2D eigenvalue weighted by Gasteiger charge is -2.25. The summed E-state index contributed by atoms with van der Waals surface area (Å²) >= 11 is 1.55. The average molecular weight is 597 g/mol. The molecule has 0 aliphatic heterocycles. The van der Waals surface area contributed by atoms with Crippen LogP contribution in [0.5, 0.6) is 5.75 Å². The number of aromatic nitrogens is 2. The molecule has 224 valence electrons. The van der Waals surface area contributed by atoms with Crippen LogP contribution in [0.1, 0.15) is 23.2 Å². The number of phenols is 1. The first kappa shape index (κ1) is 32.2. The Balaban J connectivity index is 1.83. The van der Waals surface area contributed by atoms with Gasteiger partial charge in [-0.05, 0) is 41.7 Å². The molecule has 2 aromatic carbocycles. The quantitative estimate of drug-likeness (QED) is 0.125. The Bertz CT molecular complexity index is 1310. The topological polar surface area (TPSA) is 200 Å². The number of nitrogens with zero attached hydrogens (tertiary/aromatic N) is 1. The number of thioether (sulfide) groups is 1. The molecule has 42 heavy (non-hydrogen) atoms. The SMILES string of the molecule is CSCCC(N)C(=O)NC(Cc1ccccc1)C(=O)NC(Cc1ccc(O)cc1)C(=O)NC(Cc1cnc[nH]1)C(=O)O. The van der Waals surface area contributed by atoms with E-state index in [9.17, 15) is 29.4 Å². The molecule has 0 spiro atoms. The predicted octanol–water partition coefficient (Wildman–Crippen LogP) is 0.763. The van der Waals surface area contributed by atoms with Gasteiger partial charge in [-0.2, -0.15) is 11.8 Å². The molecule has 1 heterocycles. The van der Waals surface area contributed by atoms with Gasteiger partial charge in [-0.1, -0.05) is 42.5 Å². The maximum atomic E-state index is 13.6. The molecule has 0 aliphatic carbocycles. The van der Waals surface area contributed by atoms with Crippen molar-refractivity contribution in [1.82, 2.24) is 25.9 Å². The number of amides is 3. The molecule has 3 amide bonds. The van der Waals surface area contributed by atoms with E-state index in [0.717, 1.165) is 5.56 Å². The van der Waals surface area contributed by atoms with E-state index >= 15 is 0 Å². The van der Waals surface area contributed by atoms with Crippen LogP contribution >= 0.6 is 11.8 Å². The lowest BCUT2D eigenvalue weighted by Crippen LogP contribution is -2.58. The van der Waals surface area contributed by atoms with Crippen molar-refractivity contribution in [2.45, 2.75) is 49.9 Å². The summed E-state index contributed by atoms with van der Waals surface area (Å²) in [6.45, 7) is 0. The number of hydrogen-bond acceptors (Lipinski definition) is 8. The number of carboxylic acids is 1. The number of carbonyl (C=O) groups is 4. The number of nitrogens with two attached hydrogens (primary N) is 1. The second-order valence-corrected chi connectivity index (χ2v) is 10.7. The second kappa shape index (κ2) is 16.2. The number of phenolic OH excluding ortho intramolecular Hbond substituents is 1. The first-order valence-corrected chi connectivity index (χ1v) is 14.7. The molecular weight excluding hydrogens is 560 g/mol. The number of carbonyl (C=O) groups excluding carboxylic acids is 3. The van der Waals surface area contributed by atoms with Crippen molar-refractivity contribution in [1.29, 1.82) is 0 Å². The number of H-pyrrole nitrogens is 1. The minimum atomic E-state index is -1.30. The minimum Gasteiger partial charge on any atom is -0.508 e. The van der Waals surface area contributed by atoms with Gasteiger partial charge in [0.05, 0.1) is 12.4 Å². The Kier molecular flexibility index (Phi) is 12.4. The molecule has 3 rings (SSSR count). The zero-order valence-electron chi connectivity index (χ0n) is 23.2. The Morgan fingerprint density at radius 3 is 1.98 bits per heavy atom. The molecule has 8 N–H and O–H groups in total. The van der Waals surface area contributed by atoms with Gasteiger partial charge < -0.3 is 36.9 Å². The second-order valence-electron chi connectivity index (χ2n) is 9.75. The van der Waals surface area contributed by atoms with E-state index in [1.807, 2.05) is 36.6 Å². The molecule has 0 bridgehead atoms. The fraction of sp³-hybridized carbons (Fsp3) is 0.345. The summed E-state index contributed by atoms with van der Waals surface area (Å²) < 4.78 is 0. The van der Waals surface area contributed by atoms with Crippen molar-refractivity contribution in [3.63, 3.8) is 0 Å². The van der Waals surface area contributed by atoms with Crippen LogP contribution in [0.4, 0.5) is 0 Å². The van der Waals surface area contributed by atoms with Crippen LogP contribution in [0.15, 0.2) is 67.1 Å². The molecular formula is C29H36N6O6S. The van der Waals surface area contributed by atoms with E-state index in [1.54, 1.807) is 23.9 Å². The Morgan fingerprint density at radius 1 is 0.857 bits per heavy atom. The normalized spacial score (nSPS) is 13.8. The van der Waals surface area contributed by atoms with Crippen molar-refractivity contribution < 1.29 is 29.4 Å². The van der Waals surface area contributed by atoms with Crippen molar-refractivity contribution in [2.24, 2.45) is 5.73 Å². The molecule has 12 nitrogen and oxygen atoms in total. The molecule has 4 atom stereocenters. The first-order valence-electron chi connectivity index (χ1n) is 13.3. The number of aromatic amines is 1. The van der Waals surface area contributed by atoms with E-state index < -0.39 is 47.9 Å². The van der Waals surface area contributed by atoms with Crippen molar-refractivity contribution in [2.75, 3.05) is 12.0 Å². The van der Waals surface area contributed by atoms with Crippen molar-refractivity contribution in [3.05, 3.63) is 83.9 Å². The first-order chi connectivity index (χ1) is 20.2. The van der Waals surface area contributed by atoms with Gasteiger partial charge in [0.25, 0.3) is 0 Å². The van der Waals surface area contributed by atoms with E-state index in [1.165, 1.54) is 24.7 Å². The zero-order valence-corrected chi connectivity index (χ0v) is 24.0. The third-order valence-electron chi connectivity index (χ3n) is 6.49. The summed E-state index contributed by atoms with van der Waals surface area (Å²) in [6.07, 6.45) is 5.26. The van der Waals surface area contributed by atoms with E-state index in [0.29, 0.717) is 23.4 Å². The zero-order chi connectivity index (χ0) is 30.5. The molecule has 4 unspecified atom stereocenters. The van der Waals surface area contributed by atoms with Crippen molar-refractivity contribution in [3.8, 4) is 5.75 Å². The van der Waals surface area contributed by atoms with Gasteiger partial charge in [-0.25, -0.2) is 9.78 Å². The minimum absolute atomic E-state index is 0.00646. The lowest BCUT2D eigenvalue weighted by molar-refractivity contribution is -0.142. The number of rotatable bonds is 16. The highest BCUT2D eigenvalue weighted by atomic mass is 32.2. The number of aromatic hydroxyl groups is 1. The summed E-state index contributed by atoms with van der Waals surface area (Å²) in [6, 6.07) is 10.8. The highest BCUT2D eigenvalue weighted by Gasteiger charge is 2.31. The largest absolute Gasteiger partial charge is 0.508 e. The van der Waals surface area contributed by atoms with Crippen LogP contribution in [-0.2, 0) is 38.4 Å². The third kappa shape index (κ3) is 10.2. The van der Waals surface area contributed by atoms with Crippen LogP contribution in [0.3, 0.4) is 0 Å². The third-order valence-corrected chi connectivity index (χ3v) is 7.13. The average Bonchev–Trinajstić information content (AvgIpc) is 3.49. The molecule has 0 radical (unpaired) electrons. The fourth-order valence-corrected chi connectivity index (χ4v) is 4.64. The Hall–Kier alpha value is -4.36. The van der Waals surface area contributed by atoms with Crippen LogP contribution in [0.25, 0.3) is 0 Å². The number of nitrogens with one attached hydrogen (secondary N) is 4. The van der Waals surface area contributed by atoms with Gasteiger partial charge in [0.15, 0.2) is 0 Å². The van der Waals surface area contributed by atoms with Gasteiger partial charge in [0, 0.05) is 31.2 Å². The molecule has 0 saturated carbocycles. The molecule has 0 saturated heterocycles. The van der Waals surface area contributed by atoms with E-state index in [4.69, 9.17) is 5.73 Å². The van der Waals surface area contributed by atoms with E-state index in [-0.39, 0.29) is 25.0 Å². The monoisotopic (exact) mass is 596 g/mol. The van der Waals surface area contributed by atoms with Crippen LogP contribution < -0.4 is 21.7 Å². The number of hydrogen-bond donors (Lipinski definition) is 7. The lowest BCUT2D eigenvalue weighted by atomic mass is 10.0. The Labute approximate surface area is 247 Å². The molecule has 0 fully saturated rings. The summed E-state index contributed by atoms with van der Waals surface area (Å²) in [5, 5.41) is 27.3. The molecule has 3 aromatic rings. The summed E-state index contributed by atoms with van der Waals surface area (Å²) in [7, 11) is 0. The Morgan fingerprint density at radius 2 is 1.43 bits per heavy atom. The van der Waals surface area contributed by atoms with Crippen LogP contribution in [-0.4, -0.2) is 80.0 Å². The van der Waals surface area contributed by atoms with Gasteiger partial charge in [-0.3, -0.25) is 14.4 Å². The maximum Gasteiger partial charge on any atom is 0.326 e. The smallest absolute Gasteiger partial charge is 0.326 e. The van der Waals surface area contributed by atoms with E-state index in [2.05, 4.69) is 25.9 Å². The summed E-state index contributed by atoms with van der Waals surface area (Å²) in [4.78, 5) is 58.6. The maximum absolute atomic E-state index is 13.6. The highest BCUT2D eigenvalue weighted by molar-refractivity contribution is 7.98. The van der Waals surface area contributed by atoms with Gasteiger partial charge in [0.1, 0.15) is 23.9 Å². The number of imidazole rings is 1. The van der Waals surface area contributed by atoms with Crippen LogP contribution in [0.2, 0.25) is 0 Å². The molecule has 13 heteroatoms. The predicted molar refractivity (Wildman–Crippen MR) is 159 cm³/mol. The summed E-state index contributed by atoms with van der Waals surface area (Å²) in [5.74, 6) is -2.43. The van der Waals surface area contributed by atoms with Gasteiger partial charge in [-0.15, -0.1) is 0 Å². The number of carboxylic acid groups (broad SMARTS) is 1. The van der Waals surface area contributed by atoms with Gasteiger partial charge >= 0.3 is 5.97 Å². The van der Waals surface area contributed by atoms with Crippen LogP contribution in [0, 0.1) is 0 Å².